The van der Waals surface area contributed by atoms with Crippen LogP contribution in [0.15, 0.2) is 12.4 Å². The van der Waals surface area contributed by atoms with Crippen LogP contribution >= 0.6 is 0 Å². The normalized spacial score (nSPS) is 12.1. The van der Waals surface area contributed by atoms with Gasteiger partial charge in [0, 0.05) is 0 Å². The van der Waals surface area contributed by atoms with Crippen LogP contribution in [-0.2, 0) is 6.18 Å². The highest BCUT2D eigenvalue weighted by Gasteiger charge is 2.42. The number of alkyl halides is 3. The van der Waals surface area contributed by atoms with Crippen LogP contribution in [0.2, 0.25) is 0 Å². The fourth-order valence-corrected chi connectivity index (χ4v) is 1.49. The molecule has 0 fully saturated rings. The Morgan fingerprint density at radius 2 is 2.00 bits per heavy atom. The van der Waals surface area contributed by atoms with Crippen molar-refractivity contribution < 1.29 is 18.0 Å². The molecule has 0 saturated carbocycles. The Morgan fingerprint density at radius 1 is 1.32 bits per heavy atom. The smallest absolute Gasteiger partial charge is 0.243 e. The molecule has 0 aromatic carbocycles. The second-order valence-corrected chi connectivity index (χ2v) is 4.02. The standard InChI is InChI=1S/C9H9F3N6O/c1-5(2)6-7(9(10,11)12)18(16-14-6)8(19)17-4-3-13-15-17/h3-5H,1-2H3. The van der Waals surface area contributed by atoms with Crippen LogP contribution in [0.25, 0.3) is 0 Å². The van der Waals surface area contributed by atoms with E-state index in [0.29, 0.717) is 4.68 Å². The van der Waals surface area contributed by atoms with Gasteiger partial charge < -0.3 is 0 Å². The molecule has 7 nitrogen and oxygen atoms in total. The lowest BCUT2D eigenvalue weighted by atomic mass is 10.1. The highest BCUT2D eigenvalue weighted by atomic mass is 19.4. The van der Waals surface area contributed by atoms with E-state index >= 15 is 0 Å². The van der Waals surface area contributed by atoms with Gasteiger partial charge in [0.2, 0.25) is 0 Å². The Hall–Kier alpha value is -2.26. The summed E-state index contributed by atoms with van der Waals surface area (Å²) in [5, 5.41) is 13.4. The maximum Gasteiger partial charge on any atom is 0.435 e. The molecular formula is C9H9F3N6O. The monoisotopic (exact) mass is 274 g/mol. The molecule has 0 unspecified atom stereocenters. The summed E-state index contributed by atoms with van der Waals surface area (Å²) in [6, 6.07) is -1.09. The molecule has 2 aromatic heterocycles. The maximum atomic E-state index is 13.0. The fourth-order valence-electron chi connectivity index (χ4n) is 1.49. The van der Waals surface area contributed by atoms with Crippen molar-refractivity contribution in [1.29, 1.82) is 0 Å². The van der Waals surface area contributed by atoms with E-state index < -0.39 is 23.8 Å². The Kier molecular flexibility index (Phi) is 3.08. The molecule has 2 rings (SSSR count). The third kappa shape index (κ3) is 2.33. The van der Waals surface area contributed by atoms with E-state index in [4.69, 9.17) is 0 Å². The lowest BCUT2D eigenvalue weighted by molar-refractivity contribution is -0.143. The Labute approximate surface area is 105 Å². The molecule has 10 heteroatoms. The van der Waals surface area contributed by atoms with Gasteiger partial charge >= 0.3 is 12.2 Å². The van der Waals surface area contributed by atoms with Crippen molar-refractivity contribution in [2.75, 3.05) is 0 Å². The average Bonchev–Trinajstić information content (AvgIpc) is 2.96. The van der Waals surface area contributed by atoms with E-state index in [0.717, 1.165) is 6.20 Å². The van der Waals surface area contributed by atoms with Crippen molar-refractivity contribution in [2.24, 2.45) is 0 Å². The number of rotatable bonds is 1. The second-order valence-electron chi connectivity index (χ2n) is 4.02. The van der Waals surface area contributed by atoms with E-state index in [1.54, 1.807) is 0 Å². The summed E-state index contributed by atoms with van der Waals surface area (Å²) in [5.41, 5.74) is -1.48. The first-order valence-corrected chi connectivity index (χ1v) is 5.26. The van der Waals surface area contributed by atoms with Gasteiger partial charge in [0.05, 0.1) is 18.1 Å². The van der Waals surface area contributed by atoms with Crippen molar-refractivity contribution >= 4 is 6.03 Å². The SMILES string of the molecule is CC(C)c1nnn(C(=O)n2ccnn2)c1C(F)(F)F. The van der Waals surface area contributed by atoms with Crippen LogP contribution in [0, 0.1) is 0 Å². The summed E-state index contributed by atoms with van der Waals surface area (Å²) < 4.78 is 39.8. The quantitative estimate of drug-likeness (QED) is 0.788. The van der Waals surface area contributed by atoms with Gasteiger partial charge in [-0.1, -0.05) is 24.3 Å². The minimum absolute atomic E-state index is 0.185. The van der Waals surface area contributed by atoms with Crippen LogP contribution < -0.4 is 0 Å². The zero-order valence-electron chi connectivity index (χ0n) is 9.96. The van der Waals surface area contributed by atoms with Crippen LogP contribution in [0.3, 0.4) is 0 Å². The average molecular weight is 274 g/mol. The van der Waals surface area contributed by atoms with E-state index in [-0.39, 0.29) is 10.4 Å². The van der Waals surface area contributed by atoms with Crippen molar-refractivity contribution in [1.82, 2.24) is 30.0 Å². The lowest BCUT2D eigenvalue weighted by Crippen LogP contribution is -2.27. The van der Waals surface area contributed by atoms with Gasteiger partial charge in [0.1, 0.15) is 0 Å². The molecule has 0 aliphatic carbocycles. The van der Waals surface area contributed by atoms with Crippen LogP contribution in [0.5, 0.6) is 0 Å². The van der Waals surface area contributed by atoms with E-state index in [2.05, 4.69) is 20.6 Å². The van der Waals surface area contributed by atoms with E-state index in [1.807, 2.05) is 0 Å². The molecule has 2 aromatic rings. The highest BCUT2D eigenvalue weighted by molar-refractivity contribution is 5.78. The molecule has 2 heterocycles. The van der Waals surface area contributed by atoms with Crippen LogP contribution in [0.4, 0.5) is 18.0 Å². The molecule has 0 aliphatic heterocycles. The van der Waals surface area contributed by atoms with Gasteiger partial charge in [0.25, 0.3) is 0 Å². The lowest BCUT2D eigenvalue weighted by Gasteiger charge is -2.11. The maximum absolute atomic E-state index is 13.0. The number of aromatic nitrogens is 6. The summed E-state index contributed by atoms with van der Waals surface area (Å²) in [5.74, 6) is -0.520. The van der Waals surface area contributed by atoms with Crippen molar-refractivity contribution in [2.45, 2.75) is 25.9 Å². The zero-order valence-corrected chi connectivity index (χ0v) is 9.96. The molecule has 19 heavy (non-hydrogen) atoms. The van der Waals surface area contributed by atoms with Crippen molar-refractivity contribution in [3.8, 4) is 0 Å². The number of nitrogens with zero attached hydrogens (tertiary/aromatic N) is 6. The van der Waals surface area contributed by atoms with Crippen LogP contribution in [0.1, 0.15) is 31.2 Å². The molecule has 0 spiro atoms. The molecule has 0 N–H and O–H groups in total. The van der Waals surface area contributed by atoms with Gasteiger partial charge in [-0.15, -0.1) is 10.2 Å². The third-order valence-electron chi connectivity index (χ3n) is 2.31. The second kappa shape index (κ2) is 4.44. The topological polar surface area (TPSA) is 78.5 Å². The number of carbonyl (C=O) groups excluding carboxylic acids is 1. The number of halogens is 3. The van der Waals surface area contributed by atoms with Crippen molar-refractivity contribution in [3.05, 3.63) is 23.8 Å². The number of hydrogen-bond acceptors (Lipinski definition) is 5. The fraction of sp³-hybridized carbons (Fsp3) is 0.444. The van der Waals surface area contributed by atoms with Gasteiger partial charge in [-0.3, -0.25) is 0 Å². The van der Waals surface area contributed by atoms with E-state index in [1.165, 1.54) is 20.0 Å². The number of carbonyl (C=O) groups is 1. The molecule has 0 atom stereocenters. The van der Waals surface area contributed by atoms with Gasteiger partial charge in [-0.05, 0) is 5.92 Å². The Morgan fingerprint density at radius 3 is 2.47 bits per heavy atom. The summed E-state index contributed by atoms with van der Waals surface area (Å²) in [6.07, 6.45) is -2.44. The molecule has 0 saturated heterocycles. The Balaban J connectivity index is 2.56. The summed E-state index contributed by atoms with van der Waals surface area (Å²) in [6.45, 7) is 3.06. The van der Waals surface area contributed by atoms with Gasteiger partial charge in [-0.2, -0.15) is 22.5 Å². The summed E-state index contributed by atoms with van der Waals surface area (Å²) >= 11 is 0. The first kappa shape index (κ1) is 13.2. The van der Waals surface area contributed by atoms with E-state index in [9.17, 15) is 18.0 Å². The predicted octanol–water partition coefficient (Wildman–Crippen LogP) is 1.53. The first-order valence-electron chi connectivity index (χ1n) is 5.26. The largest absolute Gasteiger partial charge is 0.435 e. The molecule has 0 amide bonds. The molecule has 0 radical (unpaired) electrons. The predicted molar refractivity (Wildman–Crippen MR) is 55.3 cm³/mol. The molecular weight excluding hydrogens is 265 g/mol. The Bertz CT molecular complexity index is 586. The number of hydrogen-bond donors (Lipinski definition) is 0. The summed E-state index contributed by atoms with van der Waals surface area (Å²) in [7, 11) is 0. The molecule has 102 valence electrons. The minimum atomic E-state index is -4.74. The zero-order chi connectivity index (χ0) is 14.2. The van der Waals surface area contributed by atoms with Crippen LogP contribution in [-0.4, -0.2) is 36.0 Å². The minimum Gasteiger partial charge on any atom is -0.243 e. The van der Waals surface area contributed by atoms with Gasteiger partial charge in [0.15, 0.2) is 5.69 Å². The first-order chi connectivity index (χ1) is 8.82. The third-order valence-corrected chi connectivity index (χ3v) is 2.31. The highest BCUT2D eigenvalue weighted by Crippen LogP contribution is 2.33. The summed E-state index contributed by atoms with van der Waals surface area (Å²) in [4.78, 5) is 11.8. The molecule has 0 bridgehead atoms. The van der Waals surface area contributed by atoms with Gasteiger partial charge in [-0.25, -0.2) is 4.79 Å². The molecule has 0 aliphatic rings. The van der Waals surface area contributed by atoms with Crippen molar-refractivity contribution in [3.63, 3.8) is 0 Å².